The van der Waals surface area contributed by atoms with Gasteiger partial charge in [0.25, 0.3) is 10.0 Å². The summed E-state index contributed by atoms with van der Waals surface area (Å²) in [6, 6.07) is 9.16. The molecule has 0 bridgehead atoms. The molecule has 0 spiro atoms. The highest BCUT2D eigenvalue weighted by Gasteiger charge is 2.31. The molecule has 1 amide bonds. The predicted molar refractivity (Wildman–Crippen MR) is 153 cm³/mol. The minimum atomic E-state index is -3.96. The lowest BCUT2D eigenvalue weighted by molar-refractivity contribution is -0.134. The molecule has 2 aromatic rings. The summed E-state index contributed by atoms with van der Waals surface area (Å²) in [7, 11) is -1.85. The molecule has 220 valence electrons. The second-order valence-corrected chi connectivity index (χ2v) is 13.2. The van der Waals surface area contributed by atoms with E-state index in [1.165, 1.54) is 44.2 Å². The molecular formula is C30H42FN3O5S. The molecule has 2 N–H and O–H groups in total. The number of carbonyl (C=O) groups is 1. The molecule has 1 saturated carbocycles. The standard InChI is InChI=1S/C30H42FN3O5S/c1-21-17-34(22(2)20-35)30(36)16-24-15-26(32-40(37,38)27-12-9-25(31)10-13-27)11-14-28(24)39-29(21)19-33(3)18-23-7-5-4-6-8-23/h9-15,21-23,29,32,35H,4-8,16-20H2,1-3H3/t21-,22+,29+/m0/s1. The number of likely N-dealkylation sites (N-methyl/N-ethyl adjacent to an activating group) is 1. The van der Waals surface area contributed by atoms with Gasteiger partial charge >= 0.3 is 0 Å². The van der Waals surface area contributed by atoms with Gasteiger partial charge in [-0.05, 0) is 75.2 Å². The molecule has 2 aromatic carbocycles. The Bertz CT molecular complexity index is 1250. The number of amides is 1. The second-order valence-electron chi connectivity index (χ2n) is 11.5. The van der Waals surface area contributed by atoms with Crippen molar-refractivity contribution in [3.05, 3.63) is 53.8 Å². The number of halogens is 1. The van der Waals surface area contributed by atoms with Crippen LogP contribution in [0.15, 0.2) is 47.4 Å². The monoisotopic (exact) mass is 575 g/mol. The Morgan fingerprint density at radius 2 is 1.82 bits per heavy atom. The fourth-order valence-electron chi connectivity index (χ4n) is 5.73. The first-order valence-electron chi connectivity index (χ1n) is 14.2. The second kappa shape index (κ2) is 13.3. The first-order chi connectivity index (χ1) is 19.1. The van der Waals surface area contributed by atoms with Gasteiger partial charge in [-0.25, -0.2) is 12.8 Å². The van der Waals surface area contributed by atoms with Crippen LogP contribution < -0.4 is 9.46 Å². The summed E-state index contributed by atoms with van der Waals surface area (Å²) >= 11 is 0. The number of fused-ring (bicyclic) bond motifs is 1. The molecule has 1 aliphatic heterocycles. The summed E-state index contributed by atoms with van der Waals surface area (Å²) in [6.45, 7) is 5.86. The van der Waals surface area contributed by atoms with E-state index in [0.29, 0.717) is 30.3 Å². The molecule has 10 heteroatoms. The summed E-state index contributed by atoms with van der Waals surface area (Å²) < 4.78 is 48.3. The number of rotatable bonds is 9. The minimum absolute atomic E-state index is 0.00312. The lowest BCUT2D eigenvalue weighted by atomic mass is 9.89. The minimum Gasteiger partial charge on any atom is -0.488 e. The normalized spacial score (nSPS) is 21.6. The van der Waals surface area contributed by atoms with Crippen LogP contribution in [-0.2, 0) is 21.2 Å². The van der Waals surface area contributed by atoms with Crippen molar-refractivity contribution in [3.8, 4) is 5.75 Å². The zero-order chi connectivity index (χ0) is 28.9. The molecule has 0 unspecified atom stereocenters. The number of aliphatic hydroxyl groups excluding tert-OH is 1. The zero-order valence-electron chi connectivity index (χ0n) is 23.7. The van der Waals surface area contributed by atoms with Crippen molar-refractivity contribution in [3.63, 3.8) is 0 Å². The lowest BCUT2D eigenvalue weighted by Gasteiger charge is -2.35. The van der Waals surface area contributed by atoms with Crippen LogP contribution in [0.4, 0.5) is 10.1 Å². The van der Waals surface area contributed by atoms with Crippen LogP contribution in [0, 0.1) is 17.7 Å². The SMILES string of the molecule is C[C@H](CO)N1C[C@H](C)[C@@H](CN(C)CC2CCCCC2)Oc2ccc(NS(=O)(=O)c3ccc(F)cc3)cc2CC1=O. The Morgan fingerprint density at radius 3 is 2.50 bits per heavy atom. The predicted octanol–water partition coefficient (Wildman–Crippen LogP) is 4.29. The van der Waals surface area contributed by atoms with Crippen LogP contribution >= 0.6 is 0 Å². The van der Waals surface area contributed by atoms with Gasteiger partial charge in [-0.3, -0.25) is 9.52 Å². The van der Waals surface area contributed by atoms with Gasteiger partial charge in [0.15, 0.2) is 0 Å². The van der Waals surface area contributed by atoms with Crippen LogP contribution in [-0.4, -0.2) is 74.7 Å². The molecule has 2 aliphatic rings. The van der Waals surface area contributed by atoms with E-state index in [1.807, 2.05) is 6.92 Å². The molecule has 1 fully saturated rings. The van der Waals surface area contributed by atoms with E-state index in [2.05, 4.69) is 23.6 Å². The maximum Gasteiger partial charge on any atom is 0.261 e. The summed E-state index contributed by atoms with van der Waals surface area (Å²) in [5.74, 6) is 0.533. The number of nitrogens with zero attached hydrogens (tertiary/aromatic N) is 2. The number of hydrogen-bond donors (Lipinski definition) is 2. The first-order valence-corrected chi connectivity index (χ1v) is 15.7. The van der Waals surface area contributed by atoms with Crippen molar-refractivity contribution in [1.29, 1.82) is 0 Å². The van der Waals surface area contributed by atoms with E-state index in [0.717, 1.165) is 18.7 Å². The van der Waals surface area contributed by atoms with Crippen molar-refractivity contribution in [2.24, 2.45) is 11.8 Å². The smallest absolute Gasteiger partial charge is 0.261 e. The Morgan fingerprint density at radius 1 is 1.12 bits per heavy atom. The van der Waals surface area contributed by atoms with Crippen LogP contribution in [0.2, 0.25) is 0 Å². The van der Waals surface area contributed by atoms with Gasteiger partial charge in [0.1, 0.15) is 17.7 Å². The van der Waals surface area contributed by atoms with Crippen LogP contribution in [0.3, 0.4) is 0 Å². The number of benzene rings is 2. The average molecular weight is 576 g/mol. The first kappa shape index (κ1) is 30.3. The van der Waals surface area contributed by atoms with Crippen molar-refractivity contribution in [2.75, 3.05) is 38.0 Å². The summed E-state index contributed by atoms with van der Waals surface area (Å²) in [6.07, 6.45) is 6.17. The number of carbonyl (C=O) groups excluding carboxylic acids is 1. The fraction of sp³-hybridized carbons (Fsp3) is 0.567. The average Bonchev–Trinajstić information content (AvgIpc) is 2.96. The third kappa shape index (κ3) is 7.73. The fourth-order valence-corrected chi connectivity index (χ4v) is 6.78. The zero-order valence-corrected chi connectivity index (χ0v) is 24.5. The molecule has 0 aromatic heterocycles. The molecule has 3 atom stereocenters. The highest BCUT2D eigenvalue weighted by molar-refractivity contribution is 7.92. The van der Waals surface area contributed by atoms with Crippen molar-refractivity contribution in [2.45, 2.75) is 69.4 Å². The van der Waals surface area contributed by atoms with Gasteiger partial charge in [0.2, 0.25) is 5.91 Å². The molecule has 4 rings (SSSR count). The molecular weight excluding hydrogens is 533 g/mol. The maximum atomic E-state index is 13.4. The third-order valence-corrected chi connectivity index (χ3v) is 9.48. The Balaban J connectivity index is 1.60. The Labute approximate surface area is 237 Å². The van der Waals surface area contributed by atoms with Gasteiger partial charge < -0.3 is 19.6 Å². The van der Waals surface area contributed by atoms with Crippen molar-refractivity contribution in [1.82, 2.24) is 9.80 Å². The number of ether oxygens (including phenoxy) is 1. The van der Waals surface area contributed by atoms with Gasteiger partial charge in [0, 0.05) is 36.8 Å². The Hall–Kier alpha value is -2.69. The molecule has 0 saturated heterocycles. The summed E-state index contributed by atoms with van der Waals surface area (Å²) in [4.78, 5) is 17.4. The largest absolute Gasteiger partial charge is 0.488 e. The Kier molecular flexibility index (Phi) is 10.1. The third-order valence-electron chi connectivity index (χ3n) is 8.08. The van der Waals surface area contributed by atoms with Gasteiger partial charge in [-0.15, -0.1) is 0 Å². The van der Waals surface area contributed by atoms with Crippen LogP contribution in [0.1, 0.15) is 51.5 Å². The quantitative estimate of drug-likeness (QED) is 0.463. The number of aliphatic hydroxyl groups is 1. The van der Waals surface area contributed by atoms with E-state index < -0.39 is 15.8 Å². The molecule has 1 aliphatic carbocycles. The number of sulfonamides is 1. The van der Waals surface area contributed by atoms with E-state index in [1.54, 1.807) is 23.1 Å². The molecule has 0 radical (unpaired) electrons. The van der Waals surface area contributed by atoms with Gasteiger partial charge in [-0.2, -0.15) is 0 Å². The topological polar surface area (TPSA) is 99.2 Å². The molecule has 40 heavy (non-hydrogen) atoms. The van der Waals surface area contributed by atoms with E-state index in [9.17, 15) is 22.7 Å². The molecule has 1 heterocycles. The molecule has 8 nitrogen and oxygen atoms in total. The highest BCUT2D eigenvalue weighted by Crippen LogP contribution is 2.31. The van der Waals surface area contributed by atoms with Gasteiger partial charge in [-0.1, -0.05) is 26.2 Å². The summed E-state index contributed by atoms with van der Waals surface area (Å²) in [5.41, 5.74) is 0.841. The van der Waals surface area contributed by atoms with Gasteiger partial charge in [0.05, 0.1) is 24.0 Å². The number of hydrogen-bond acceptors (Lipinski definition) is 6. The maximum absolute atomic E-state index is 13.4. The number of nitrogens with one attached hydrogen (secondary N) is 1. The van der Waals surface area contributed by atoms with Crippen LogP contribution in [0.5, 0.6) is 5.75 Å². The highest BCUT2D eigenvalue weighted by atomic mass is 32.2. The van der Waals surface area contributed by atoms with E-state index >= 15 is 0 Å². The van der Waals surface area contributed by atoms with Crippen molar-refractivity contribution >= 4 is 21.6 Å². The number of anilines is 1. The van der Waals surface area contributed by atoms with Crippen molar-refractivity contribution < 1.29 is 27.4 Å². The van der Waals surface area contributed by atoms with Crippen LogP contribution in [0.25, 0.3) is 0 Å². The van der Waals surface area contributed by atoms with E-state index in [4.69, 9.17) is 4.74 Å². The summed E-state index contributed by atoms with van der Waals surface area (Å²) in [5, 5.41) is 9.88. The van der Waals surface area contributed by atoms with E-state index in [-0.39, 0.29) is 47.6 Å². The lowest BCUT2D eigenvalue weighted by Crippen LogP contribution is -2.48.